The number of carbonyl (C=O) groups is 3. The quantitative estimate of drug-likeness (QED) is 0.727. The van der Waals surface area contributed by atoms with Gasteiger partial charge in [0.05, 0.1) is 12.1 Å². The van der Waals surface area contributed by atoms with Crippen LogP contribution in [0.2, 0.25) is 0 Å². The maximum atomic E-state index is 12.2. The van der Waals surface area contributed by atoms with Gasteiger partial charge in [0.25, 0.3) is 0 Å². The Labute approximate surface area is 158 Å². The zero-order valence-corrected chi connectivity index (χ0v) is 15.9. The maximum absolute atomic E-state index is 12.2. The molecule has 1 aromatic rings. The molecule has 0 saturated carbocycles. The van der Waals surface area contributed by atoms with Crippen molar-refractivity contribution in [1.82, 2.24) is 10.2 Å². The van der Waals surface area contributed by atoms with E-state index in [9.17, 15) is 14.4 Å². The van der Waals surface area contributed by atoms with E-state index in [0.717, 1.165) is 12.8 Å². The lowest BCUT2D eigenvalue weighted by molar-refractivity contribution is -0.117. The van der Waals surface area contributed by atoms with Gasteiger partial charge >= 0.3 is 12.1 Å². The summed E-state index contributed by atoms with van der Waals surface area (Å²) in [6.45, 7) is 7.12. The van der Waals surface area contributed by atoms with Crippen molar-refractivity contribution in [3.63, 3.8) is 0 Å². The van der Waals surface area contributed by atoms with E-state index in [4.69, 9.17) is 9.84 Å². The van der Waals surface area contributed by atoms with Gasteiger partial charge in [-0.1, -0.05) is 0 Å². The van der Waals surface area contributed by atoms with Gasteiger partial charge in [0, 0.05) is 24.8 Å². The van der Waals surface area contributed by atoms with Crippen LogP contribution in [0, 0.1) is 0 Å². The predicted octanol–water partition coefficient (Wildman–Crippen LogP) is 2.31. The van der Waals surface area contributed by atoms with Gasteiger partial charge in [-0.15, -0.1) is 0 Å². The Bertz CT molecular complexity index is 674. The van der Waals surface area contributed by atoms with Crippen LogP contribution >= 0.6 is 0 Å². The van der Waals surface area contributed by atoms with Crippen molar-refractivity contribution in [2.24, 2.45) is 0 Å². The van der Waals surface area contributed by atoms with Crippen molar-refractivity contribution >= 4 is 23.7 Å². The number of carbonyl (C=O) groups excluding carboxylic acids is 2. The lowest BCUT2D eigenvalue weighted by Gasteiger charge is -2.32. The van der Waals surface area contributed by atoms with E-state index in [0.29, 0.717) is 18.8 Å². The second-order valence-corrected chi connectivity index (χ2v) is 7.63. The zero-order valence-electron chi connectivity index (χ0n) is 15.9. The van der Waals surface area contributed by atoms with Gasteiger partial charge in [-0.05, 0) is 57.9 Å². The summed E-state index contributed by atoms with van der Waals surface area (Å²) in [5.41, 5.74) is 0.213. The number of carboxylic acid groups (broad SMARTS) is 1. The topological polar surface area (TPSA) is 108 Å². The van der Waals surface area contributed by atoms with E-state index in [1.165, 1.54) is 12.1 Å². The molecule has 0 unspecified atom stereocenters. The summed E-state index contributed by atoms with van der Waals surface area (Å²) in [5.74, 6) is -1.16. The standard InChI is InChI=1S/C19H27N3O5/c1-19(2,3)27-18(26)21-15-8-10-22(11-9-15)12-16(23)20-14-6-4-13(5-7-14)17(24)25/h4-7,15H,8-12H2,1-3H3,(H,20,23)(H,21,26)(H,24,25). The third kappa shape index (κ3) is 7.26. The van der Waals surface area contributed by atoms with Gasteiger partial charge in [-0.25, -0.2) is 9.59 Å². The Morgan fingerprint density at radius 3 is 2.26 bits per heavy atom. The number of hydrogen-bond acceptors (Lipinski definition) is 5. The molecular formula is C19H27N3O5. The summed E-state index contributed by atoms with van der Waals surface area (Å²) >= 11 is 0. The van der Waals surface area contributed by atoms with Crippen LogP contribution in [0.4, 0.5) is 10.5 Å². The first-order valence-corrected chi connectivity index (χ1v) is 8.97. The molecule has 148 valence electrons. The monoisotopic (exact) mass is 377 g/mol. The number of anilines is 1. The average Bonchev–Trinajstić information content (AvgIpc) is 2.55. The predicted molar refractivity (Wildman–Crippen MR) is 101 cm³/mol. The minimum absolute atomic E-state index is 0.0442. The minimum Gasteiger partial charge on any atom is -0.478 e. The van der Waals surface area contributed by atoms with Crippen LogP contribution in [-0.2, 0) is 9.53 Å². The van der Waals surface area contributed by atoms with Gasteiger partial charge in [-0.3, -0.25) is 9.69 Å². The van der Waals surface area contributed by atoms with Crippen LogP contribution in [0.25, 0.3) is 0 Å². The summed E-state index contributed by atoms with van der Waals surface area (Å²) < 4.78 is 5.26. The molecule has 8 heteroatoms. The highest BCUT2D eigenvalue weighted by Crippen LogP contribution is 2.13. The molecule has 2 rings (SSSR count). The molecule has 1 fully saturated rings. The number of ether oxygens (including phenoxy) is 1. The third-order valence-corrected chi connectivity index (χ3v) is 4.09. The van der Waals surface area contributed by atoms with Gasteiger partial charge in [0.1, 0.15) is 5.60 Å². The van der Waals surface area contributed by atoms with Crippen molar-refractivity contribution in [2.45, 2.75) is 45.3 Å². The van der Waals surface area contributed by atoms with Gasteiger partial charge in [-0.2, -0.15) is 0 Å². The van der Waals surface area contributed by atoms with Crippen LogP contribution in [0.5, 0.6) is 0 Å². The smallest absolute Gasteiger partial charge is 0.407 e. The molecule has 1 aromatic carbocycles. The van der Waals surface area contributed by atoms with Crippen molar-refractivity contribution in [2.75, 3.05) is 25.0 Å². The van der Waals surface area contributed by atoms with Gasteiger partial charge < -0.3 is 20.5 Å². The second kappa shape index (κ2) is 8.85. The number of carboxylic acids is 1. The number of amides is 2. The summed E-state index contributed by atoms with van der Waals surface area (Å²) in [6.07, 6.45) is 1.09. The van der Waals surface area contributed by atoms with E-state index in [1.54, 1.807) is 12.1 Å². The molecule has 0 radical (unpaired) electrons. The number of nitrogens with zero attached hydrogens (tertiary/aromatic N) is 1. The van der Waals surface area contributed by atoms with Crippen LogP contribution in [0.3, 0.4) is 0 Å². The first kappa shape index (κ1) is 20.7. The first-order chi connectivity index (χ1) is 12.6. The number of alkyl carbamates (subject to hydrolysis) is 1. The molecule has 1 saturated heterocycles. The number of benzene rings is 1. The Kier molecular flexibility index (Phi) is 6.79. The fraction of sp³-hybridized carbons (Fsp3) is 0.526. The molecule has 3 N–H and O–H groups in total. The fourth-order valence-electron chi connectivity index (χ4n) is 2.81. The fourth-order valence-corrected chi connectivity index (χ4v) is 2.81. The van der Waals surface area contributed by atoms with Crippen LogP contribution < -0.4 is 10.6 Å². The first-order valence-electron chi connectivity index (χ1n) is 8.97. The zero-order chi connectivity index (χ0) is 20.0. The Morgan fingerprint density at radius 1 is 1.15 bits per heavy atom. The molecule has 0 spiro atoms. The van der Waals surface area contributed by atoms with Crippen LogP contribution in [0.1, 0.15) is 44.0 Å². The molecule has 8 nitrogen and oxygen atoms in total. The van der Waals surface area contributed by atoms with E-state index in [1.807, 2.05) is 25.7 Å². The Hall–Kier alpha value is -2.61. The van der Waals surface area contributed by atoms with Crippen LogP contribution in [-0.4, -0.2) is 59.3 Å². The Morgan fingerprint density at radius 2 is 1.74 bits per heavy atom. The highest BCUT2D eigenvalue weighted by atomic mass is 16.6. The minimum atomic E-state index is -1.00. The van der Waals surface area contributed by atoms with Crippen molar-refractivity contribution in [3.8, 4) is 0 Å². The SMILES string of the molecule is CC(C)(C)OC(=O)NC1CCN(CC(=O)Nc2ccc(C(=O)O)cc2)CC1. The number of likely N-dealkylation sites (tertiary alicyclic amines) is 1. The lowest BCUT2D eigenvalue weighted by atomic mass is 10.1. The second-order valence-electron chi connectivity index (χ2n) is 7.63. The average molecular weight is 377 g/mol. The van der Waals surface area contributed by atoms with Gasteiger partial charge in [0.2, 0.25) is 5.91 Å². The molecule has 2 amide bonds. The Balaban J connectivity index is 1.72. The molecule has 27 heavy (non-hydrogen) atoms. The lowest BCUT2D eigenvalue weighted by Crippen LogP contribution is -2.47. The molecule has 0 aromatic heterocycles. The third-order valence-electron chi connectivity index (χ3n) is 4.09. The van der Waals surface area contributed by atoms with Crippen LogP contribution in [0.15, 0.2) is 24.3 Å². The normalized spacial score (nSPS) is 15.8. The summed E-state index contributed by atoms with van der Waals surface area (Å²) in [7, 11) is 0. The number of nitrogens with one attached hydrogen (secondary N) is 2. The molecular weight excluding hydrogens is 350 g/mol. The largest absolute Gasteiger partial charge is 0.478 e. The molecule has 0 atom stereocenters. The van der Waals surface area contributed by atoms with Crippen molar-refractivity contribution < 1.29 is 24.2 Å². The molecule has 1 heterocycles. The summed E-state index contributed by atoms with van der Waals surface area (Å²) in [5, 5.41) is 14.5. The highest BCUT2D eigenvalue weighted by molar-refractivity contribution is 5.93. The summed E-state index contributed by atoms with van der Waals surface area (Å²) in [4.78, 5) is 36.8. The van der Waals surface area contributed by atoms with E-state index < -0.39 is 17.7 Å². The van der Waals surface area contributed by atoms with Crippen molar-refractivity contribution in [3.05, 3.63) is 29.8 Å². The molecule has 1 aliphatic heterocycles. The van der Waals surface area contributed by atoms with E-state index >= 15 is 0 Å². The van der Waals surface area contributed by atoms with E-state index in [2.05, 4.69) is 10.6 Å². The van der Waals surface area contributed by atoms with E-state index in [-0.39, 0.29) is 24.1 Å². The number of hydrogen-bond donors (Lipinski definition) is 3. The highest BCUT2D eigenvalue weighted by Gasteiger charge is 2.24. The molecule has 0 bridgehead atoms. The molecule has 1 aliphatic rings. The number of piperidine rings is 1. The molecule has 0 aliphatic carbocycles. The van der Waals surface area contributed by atoms with Gasteiger partial charge in [0.15, 0.2) is 0 Å². The number of rotatable bonds is 5. The number of aromatic carboxylic acids is 1. The van der Waals surface area contributed by atoms with Crippen molar-refractivity contribution in [1.29, 1.82) is 0 Å². The summed E-state index contributed by atoms with van der Waals surface area (Å²) in [6, 6.07) is 6.08. The maximum Gasteiger partial charge on any atom is 0.407 e.